The van der Waals surface area contributed by atoms with E-state index in [1.54, 1.807) is 0 Å². The zero-order valence-electron chi connectivity index (χ0n) is 4.89. The van der Waals surface area contributed by atoms with Gasteiger partial charge in [0.15, 0.2) is 0 Å². The Morgan fingerprint density at radius 2 is 1.75 bits per heavy atom. The molecule has 0 spiro atoms. The molecule has 0 aromatic heterocycles. The van der Waals surface area contributed by atoms with Gasteiger partial charge in [0.05, 0.1) is 0 Å². The number of aryl methyl sites for hydroxylation is 1. The monoisotopic (exact) mass is 109 g/mol. The van der Waals surface area contributed by atoms with Crippen LogP contribution in [-0.4, -0.2) is 0 Å². The van der Waals surface area contributed by atoms with E-state index in [2.05, 4.69) is 0 Å². The minimum Gasteiger partial charge on any atom is -0.399 e. The Hall–Kier alpha value is -0.980. The minimum absolute atomic E-state index is 0. The second-order valence-corrected chi connectivity index (χ2v) is 1.91. The molecule has 0 atom stereocenters. The molecule has 0 amide bonds. The first-order chi connectivity index (χ1) is 3.79. The van der Waals surface area contributed by atoms with E-state index in [1.165, 1.54) is 5.56 Å². The third-order valence-corrected chi connectivity index (χ3v) is 1.08. The van der Waals surface area contributed by atoms with Crippen molar-refractivity contribution in [2.24, 2.45) is 0 Å². The molecule has 0 unspecified atom stereocenters. The molecule has 0 saturated heterocycles. The predicted molar refractivity (Wildman–Crippen MR) is 37.7 cm³/mol. The first kappa shape index (κ1) is 5.16. The molecule has 44 valence electrons. The van der Waals surface area contributed by atoms with Crippen LogP contribution in [0.15, 0.2) is 24.3 Å². The molecule has 2 N–H and O–H groups in total. The van der Waals surface area contributed by atoms with Crippen molar-refractivity contribution in [3.8, 4) is 0 Å². The zero-order chi connectivity index (χ0) is 5.98. The minimum atomic E-state index is 0. The maximum absolute atomic E-state index is 5.43. The van der Waals surface area contributed by atoms with Crippen LogP contribution in [0.5, 0.6) is 0 Å². The van der Waals surface area contributed by atoms with Gasteiger partial charge in [0.1, 0.15) is 0 Å². The number of rotatable bonds is 0. The van der Waals surface area contributed by atoms with Crippen LogP contribution in [0.2, 0.25) is 0 Å². The van der Waals surface area contributed by atoms with Gasteiger partial charge in [-0.25, -0.2) is 0 Å². The van der Waals surface area contributed by atoms with Crippen molar-refractivity contribution in [1.29, 1.82) is 0 Å². The highest BCUT2D eigenvalue weighted by Crippen LogP contribution is 2.02. The molecule has 0 fully saturated rings. The second kappa shape index (κ2) is 1.86. The average molecular weight is 109 g/mol. The second-order valence-electron chi connectivity index (χ2n) is 1.91. The fraction of sp³-hybridized carbons (Fsp3) is 0.143. The maximum Gasteiger partial charge on any atom is 0.0314 e. The molecule has 1 aromatic rings. The van der Waals surface area contributed by atoms with Gasteiger partial charge in [-0.1, -0.05) is 17.7 Å². The van der Waals surface area contributed by atoms with Crippen molar-refractivity contribution < 1.29 is 1.43 Å². The van der Waals surface area contributed by atoms with Crippen molar-refractivity contribution in [2.45, 2.75) is 6.92 Å². The van der Waals surface area contributed by atoms with Crippen LogP contribution in [0.4, 0.5) is 5.69 Å². The molecule has 1 rings (SSSR count). The maximum atomic E-state index is 5.43. The summed E-state index contributed by atoms with van der Waals surface area (Å²) in [7, 11) is 0. The number of nitrogen functional groups attached to an aromatic ring is 1. The van der Waals surface area contributed by atoms with Gasteiger partial charge in [0.25, 0.3) is 0 Å². The molecule has 1 nitrogen and oxygen atoms in total. The predicted octanol–water partition coefficient (Wildman–Crippen LogP) is 1.82. The lowest BCUT2D eigenvalue weighted by molar-refractivity contribution is 1.47. The van der Waals surface area contributed by atoms with E-state index in [0.29, 0.717) is 0 Å². The summed E-state index contributed by atoms with van der Waals surface area (Å²) >= 11 is 0. The summed E-state index contributed by atoms with van der Waals surface area (Å²) < 4.78 is 0. The number of anilines is 1. The molecule has 0 saturated carbocycles. The van der Waals surface area contributed by atoms with Gasteiger partial charge in [-0.15, -0.1) is 0 Å². The normalized spacial score (nSPS) is 9.12. The molecule has 1 aromatic carbocycles. The summed E-state index contributed by atoms with van der Waals surface area (Å²) in [6, 6.07) is 7.79. The van der Waals surface area contributed by atoms with Crippen molar-refractivity contribution in [2.75, 3.05) is 5.73 Å². The summed E-state index contributed by atoms with van der Waals surface area (Å²) in [5.74, 6) is 0. The summed E-state index contributed by atoms with van der Waals surface area (Å²) in [5.41, 5.74) is 7.51. The Kier molecular flexibility index (Phi) is 1.20. The molecule has 0 aliphatic rings. The van der Waals surface area contributed by atoms with E-state index >= 15 is 0 Å². The van der Waals surface area contributed by atoms with Crippen molar-refractivity contribution in [1.82, 2.24) is 0 Å². The Morgan fingerprint density at radius 3 is 2.12 bits per heavy atom. The van der Waals surface area contributed by atoms with Crippen LogP contribution in [0.1, 0.15) is 6.99 Å². The Labute approximate surface area is 50.6 Å². The third-order valence-electron chi connectivity index (χ3n) is 1.08. The molecule has 0 heterocycles. The van der Waals surface area contributed by atoms with E-state index in [4.69, 9.17) is 5.73 Å². The lowest BCUT2D eigenvalue weighted by Gasteiger charge is -1.90. The molecular weight excluding hydrogens is 98.1 g/mol. The smallest absolute Gasteiger partial charge is 0.0314 e. The van der Waals surface area contributed by atoms with Gasteiger partial charge in [-0.2, -0.15) is 0 Å². The summed E-state index contributed by atoms with van der Waals surface area (Å²) in [5, 5.41) is 0. The fourth-order valence-corrected chi connectivity index (χ4v) is 0.566. The molecule has 0 radical (unpaired) electrons. The van der Waals surface area contributed by atoms with Gasteiger partial charge in [-0.05, 0) is 19.1 Å². The number of hydrogen-bond donors (Lipinski definition) is 1. The molecule has 8 heavy (non-hydrogen) atoms. The van der Waals surface area contributed by atoms with E-state index in [9.17, 15) is 0 Å². The largest absolute Gasteiger partial charge is 0.399 e. The number of hydrogen-bond acceptors (Lipinski definition) is 1. The van der Waals surface area contributed by atoms with E-state index < -0.39 is 0 Å². The molecule has 0 aliphatic heterocycles. The highest BCUT2D eigenvalue weighted by Gasteiger charge is 1.80. The number of benzene rings is 1. The lowest BCUT2D eigenvalue weighted by Crippen LogP contribution is -1.81. The summed E-state index contributed by atoms with van der Waals surface area (Å²) in [6.45, 7) is 2.04. The third kappa shape index (κ3) is 0.997. The summed E-state index contributed by atoms with van der Waals surface area (Å²) in [4.78, 5) is 0. The number of nitrogens with two attached hydrogens (primary N) is 1. The van der Waals surface area contributed by atoms with Crippen LogP contribution in [0.25, 0.3) is 0 Å². The Balaban J connectivity index is 0.000000640. The molecule has 0 aliphatic carbocycles. The quantitative estimate of drug-likeness (QED) is 0.505. The van der Waals surface area contributed by atoms with E-state index in [0.717, 1.165) is 5.69 Å². The van der Waals surface area contributed by atoms with Crippen molar-refractivity contribution in [3.05, 3.63) is 29.8 Å². The van der Waals surface area contributed by atoms with E-state index in [-0.39, 0.29) is 1.43 Å². The van der Waals surface area contributed by atoms with Gasteiger partial charge in [0, 0.05) is 7.11 Å². The van der Waals surface area contributed by atoms with Gasteiger partial charge < -0.3 is 5.73 Å². The van der Waals surface area contributed by atoms with Crippen molar-refractivity contribution >= 4 is 5.69 Å². The van der Waals surface area contributed by atoms with E-state index in [1.807, 2.05) is 31.2 Å². The van der Waals surface area contributed by atoms with Crippen molar-refractivity contribution in [3.63, 3.8) is 0 Å². The van der Waals surface area contributed by atoms with Crippen LogP contribution in [-0.2, 0) is 0 Å². The van der Waals surface area contributed by atoms with Gasteiger partial charge in [0.2, 0.25) is 0 Å². The summed E-state index contributed by atoms with van der Waals surface area (Å²) in [6.07, 6.45) is 0. The highest BCUT2D eigenvalue weighted by molar-refractivity contribution is 5.38. The van der Waals surface area contributed by atoms with Gasteiger partial charge in [-0.3, -0.25) is 0 Å². The van der Waals surface area contributed by atoms with Crippen LogP contribution >= 0.6 is 0 Å². The standard InChI is InChI=1S/C7H9N.H2/c1-6-2-4-7(8)5-3-6;/h2-5H,8H2,1H3;1H. The topological polar surface area (TPSA) is 26.0 Å². The van der Waals surface area contributed by atoms with Crippen LogP contribution < -0.4 is 5.73 Å². The van der Waals surface area contributed by atoms with Crippen LogP contribution in [0, 0.1) is 6.92 Å². The average Bonchev–Trinajstić information content (AvgIpc) is 1.77. The molecule has 1 heteroatoms. The Morgan fingerprint density at radius 1 is 1.25 bits per heavy atom. The zero-order valence-corrected chi connectivity index (χ0v) is 4.89. The first-order valence-corrected chi connectivity index (χ1v) is 2.61. The first-order valence-electron chi connectivity index (χ1n) is 2.61. The lowest BCUT2D eigenvalue weighted by atomic mass is 10.2. The highest BCUT2D eigenvalue weighted by atomic mass is 14.5. The van der Waals surface area contributed by atoms with Gasteiger partial charge >= 0.3 is 0 Å². The van der Waals surface area contributed by atoms with Crippen LogP contribution in [0.3, 0.4) is 0 Å². The SMILES string of the molecule is Cc1ccc(N)cc1.[HH]. The molecule has 0 bridgehead atoms. The molecular formula is C7H11N. The Bertz CT molecular complexity index is 148. The fourth-order valence-electron chi connectivity index (χ4n) is 0.566.